The fraction of sp³-hybridized carbons (Fsp3) is 0.682. The van der Waals surface area contributed by atoms with Crippen LogP contribution in [0.2, 0.25) is 0 Å². The average molecular weight is 392 g/mol. The van der Waals surface area contributed by atoms with Crippen LogP contribution in [0.25, 0.3) is 0 Å². The van der Waals surface area contributed by atoms with Gasteiger partial charge in [-0.05, 0) is 50.7 Å². The lowest BCUT2D eigenvalue weighted by molar-refractivity contribution is 0.123. The molecule has 0 saturated heterocycles. The van der Waals surface area contributed by atoms with Gasteiger partial charge in [-0.3, -0.25) is 0 Å². The van der Waals surface area contributed by atoms with Crippen molar-refractivity contribution in [3.05, 3.63) is 29.3 Å². The first-order chi connectivity index (χ1) is 13.7. The van der Waals surface area contributed by atoms with Crippen LogP contribution in [0, 0.1) is 12.8 Å². The van der Waals surface area contributed by atoms with Crippen LogP contribution in [-0.4, -0.2) is 52.6 Å². The van der Waals surface area contributed by atoms with E-state index in [2.05, 4.69) is 42.7 Å². The van der Waals surface area contributed by atoms with Crippen LogP contribution in [0.5, 0.6) is 5.75 Å². The minimum atomic E-state index is 0.577. The van der Waals surface area contributed by atoms with Crippen LogP contribution in [0.15, 0.2) is 23.2 Å². The van der Waals surface area contributed by atoms with Crippen LogP contribution >= 0.6 is 0 Å². The largest absolute Gasteiger partial charge is 0.493 e. The van der Waals surface area contributed by atoms with Gasteiger partial charge in [-0.1, -0.05) is 12.1 Å². The molecule has 6 nitrogen and oxygen atoms in total. The zero-order chi connectivity index (χ0) is 20.0. The van der Waals surface area contributed by atoms with E-state index < -0.39 is 0 Å². The molecule has 0 radical (unpaired) electrons. The van der Waals surface area contributed by atoms with Crippen molar-refractivity contribution in [2.24, 2.45) is 10.9 Å². The molecule has 0 bridgehead atoms. The van der Waals surface area contributed by atoms with Crippen molar-refractivity contribution in [3.8, 4) is 5.75 Å². The highest BCUT2D eigenvalue weighted by Crippen LogP contribution is 2.28. The maximum Gasteiger partial charge on any atom is 0.191 e. The topological polar surface area (TPSA) is 64.1 Å². The van der Waals surface area contributed by atoms with Gasteiger partial charge in [0.15, 0.2) is 5.96 Å². The van der Waals surface area contributed by atoms with E-state index in [4.69, 9.17) is 19.2 Å². The Hall–Kier alpha value is -1.79. The van der Waals surface area contributed by atoms with Crippen molar-refractivity contribution >= 4 is 5.96 Å². The van der Waals surface area contributed by atoms with Crippen LogP contribution < -0.4 is 15.4 Å². The number of methoxy groups -OCH3 is 1. The third-order valence-electron chi connectivity index (χ3n) is 4.53. The minimum absolute atomic E-state index is 0.577. The summed E-state index contributed by atoms with van der Waals surface area (Å²) < 4.78 is 16.7. The van der Waals surface area contributed by atoms with Gasteiger partial charge >= 0.3 is 0 Å². The maximum atomic E-state index is 5.96. The molecule has 0 aliphatic heterocycles. The summed E-state index contributed by atoms with van der Waals surface area (Å²) in [4.78, 5) is 4.72. The molecule has 2 rings (SSSR count). The van der Waals surface area contributed by atoms with Crippen molar-refractivity contribution in [2.45, 2.75) is 46.1 Å². The number of guanidine groups is 1. The van der Waals surface area contributed by atoms with Gasteiger partial charge in [0.2, 0.25) is 0 Å². The lowest BCUT2D eigenvalue weighted by Crippen LogP contribution is -2.38. The summed E-state index contributed by atoms with van der Waals surface area (Å²) in [6, 6.07) is 6.28. The van der Waals surface area contributed by atoms with Gasteiger partial charge < -0.3 is 24.8 Å². The molecule has 28 heavy (non-hydrogen) atoms. The van der Waals surface area contributed by atoms with E-state index in [9.17, 15) is 0 Å². The lowest BCUT2D eigenvalue weighted by atomic mass is 10.1. The van der Waals surface area contributed by atoms with Gasteiger partial charge in [0.05, 0.1) is 13.2 Å². The van der Waals surface area contributed by atoms with Crippen molar-refractivity contribution < 1.29 is 14.2 Å². The summed E-state index contributed by atoms with van der Waals surface area (Å²) in [6.45, 7) is 9.50. The van der Waals surface area contributed by atoms with E-state index in [1.54, 1.807) is 7.11 Å². The number of aryl methyl sites for hydroxylation is 1. The Morgan fingerprint density at radius 1 is 1.14 bits per heavy atom. The zero-order valence-corrected chi connectivity index (χ0v) is 17.8. The number of nitrogens with one attached hydrogen (secondary N) is 2. The summed E-state index contributed by atoms with van der Waals surface area (Å²) in [5, 5.41) is 6.69. The molecule has 0 atom stereocenters. The third-order valence-corrected chi connectivity index (χ3v) is 4.53. The van der Waals surface area contributed by atoms with Gasteiger partial charge in [0, 0.05) is 52.0 Å². The number of nitrogens with zero attached hydrogens (tertiary/aromatic N) is 1. The number of hydrogen-bond donors (Lipinski definition) is 2. The first kappa shape index (κ1) is 22.5. The Balaban J connectivity index is 1.80. The molecular weight excluding hydrogens is 354 g/mol. The molecule has 158 valence electrons. The van der Waals surface area contributed by atoms with Crippen molar-refractivity contribution in [2.75, 3.05) is 46.6 Å². The molecule has 1 fully saturated rings. The second-order valence-electron chi connectivity index (χ2n) is 7.30. The number of aliphatic imine (C=N–C) groups is 1. The van der Waals surface area contributed by atoms with E-state index in [0.717, 1.165) is 62.3 Å². The van der Waals surface area contributed by atoms with Crippen LogP contribution in [-0.2, 0) is 16.0 Å². The minimum Gasteiger partial charge on any atom is -0.493 e. The summed E-state index contributed by atoms with van der Waals surface area (Å²) in [5.41, 5.74) is 2.28. The van der Waals surface area contributed by atoms with E-state index in [0.29, 0.717) is 19.8 Å². The SMILES string of the molecule is CCNC(=NCc1ccc(C)cc1OCCCOC)NCCCOCC1CC1. The number of hydrogen-bond acceptors (Lipinski definition) is 4. The van der Waals surface area contributed by atoms with Gasteiger partial charge in [-0.15, -0.1) is 0 Å². The van der Waals surface area contributed by atoms with Gasteiger partial charge in [0.25, 0.3) is 0 Å². The van der Waals surface area contributed by atoms with Gasteiger partial charge in [-0.2, -0.15) is 0 Å². The van der Waals surface area contributed by atoms with Crippen molar-refractivity contribution in [1.29, 1.82) is 0 Å². The predicted molar refractivity (Wildman–Crippen MR) is 114 cm³/mol. The zero-order valence-electron chi connectivity index (χ0n) is 17.8. The quantitative estimate of drug-likeness (QED) is 0.289. The standard InChI is InChI=1S/C22H37N3O3/c1-4-23-22(24-11-5-13-27-17-19-8-9-19)25-16-20-10-7-18(2)15-21(20)28-14-6-12-26-3/h7,10,15,19H,4-6,8-9,11-14,16-17H2,1-3H3,(H2,23,24,25). The molecule has 0 unspecified atom stereocenters. The summed E-state index contributed by atoms with van der Waals surface area (Å²) >= 11 is 0. The van der Waals surface area contributed by atoms with Crippen molar-refractivity contribution in [1.82, 2.24) is 10.6 Å². The normalized spacial score (nSPS) is 14.2. The molecule has 0 amide bonds. The van der Waals surface area contributed by atoms with Gasteiger partial charge in [0.1, 0.15) is 5.75 Å². The Morgan fingerprint density at radius 2 is 2.00 bits per heavy atom. The molecule has 0 heterocycles. The molecule has 1 saturated carbocycles. The molecule has 1 aliphatic carbocycles. The first-order valence-electron chi connectivity index (χ1n) is 10.5. The van der Waals surface area contributed by atoms with E-state index >= 15 is 0 Å². The number of rotatable bonds is 14. The highest BCUT2D eigenvalue weighted by molar-refractivity contribution is 5.79. The molecule has 0 spiro atoms. The predicted octanol–water partition coefficient (Wildman–Crippen LogP) is 3.28. The highest BCUT2D eigenvalue weighted by atomic mass is 16.5. The molecule has 6 heteroatoms. The van der Waals surface area contributed by atoms with E-state index in [-0.39, 0.29) is 0 Å². The fourth-order valence-electron chi connectivity index (χ4n) is 2.73. The molecular formula is C22H37N3O3. The summed E-state index contributed by atoms with van der Waals surface area (Å²) in [6.07, 6.45) is 4.54. The summed E-state index contributed by atoms with van der Waals surface area (Å²) in [7, 11) is 1.71. The molecule has 2 N–H and O–H groups in total. The Morgan fingerprint density at radius 3 is 2.75 bits per heavy atom. The second kappa shape index (κ2) is 13.4. The van der Waals surface area contributed by atoms with Crippen LogP contribution in [0.4, 0.5) is 0 Å². The smallest absolute Gasteiger partial charge is 0.191 e. The van der Waals surface area contributed by atoms with Crippen LogP contribution in [0.1, 0.15) is 43.7 Å². The Labute approximate surface area is 170 Å². The molecule has 1 aromatic carbocycles. The maximum absolute atomic E-state index is 5.96. The molecule has 0 aromatic heterocycles. The van der Waals surface area contributed by atoms with Crippen LogP contribution in [0.3, 0.4) is 0 Å². The average Bonchev–Trinajstić information content (AvgIpc) is 3.51. The second-order valence-corrected chi connectivity index (χ2v) is 7.30. The first-order valence-corrected chi connectivity index (χ1v) is 10.5. The van der Waals surface area contributed by atoms with Gasteiger partial charge in [-0.25, -0.2) is 4.99 Å². The van der Waals surface area contributed by atoms with Crippen molar-refractivity contribution in [3.63, 3.8) is 0 Å². The monoisotopic (exact) mass is 391 g/mol. The number of benzene rings is 1. The van der Waals surface area contributed by atoms with E-state index in [1.165, 1.54) is 18.4 Å². The lowest BCUT2D eigenvalue weighted by Gasteiger charge is -2.14. The third kappa shape index (κ3) is 9.42. The Bertz CT molecular complexity index is 588. The van der Waals surface area contributed by atoms with E-state index in [1.807, 2.05) is 0 Å². The molecule has 1 aromatic rings. The number of ether oxygens (including phenoxy) is 3. The summed E-state index contributed by atoms with van der Waals surface area (Å²) in [5.74, 6) is 2.56. The highest BCUT2D eigenvalue weighted by Gasteiger charge is 2.20. The Kier molecular flexibility index (Phi) is 10.8. The fourth-order valence-corrected chi connectivity index (χ4v) is 2.73. The molecule has 1 aliphatic rings.